The maximum Gasteiger partial charge on any atom is 0.213 e. The van der Waals surface area contributed by atoms with Crippen molar-refractivity contribution in [1.29, 1.82) is 0 Å². The Bertz CT molecular complexity index is 1100. The number of nitrogens with one attached hydrogen (secondary N) is 1. The summed E-state index contributed by atoms with van der Waals surface area (Å²) in [6.45, 7) is 2.75. The Balaban J connectivity index is 1.43. The quantitative estimate of drug-likeness (QED) is 0.375. The van der Waals surface area contributed by atoms with Gasteiger partial charge in [0.05, 0.1) is 0 Å². The summed E-state index contributed by atoms with van der Waals surface area (Å²) in [7, 11) is 0. The van der Waals surface area contributed by atoms with Gasteiger partial charge in [0, 0.05) is 59.0 Å². The first-order valence-electron chi connectivity index (χ1n) is 9.46. The van der Waals surface area contributed by atoms with Gasteiger partial charge in [-0.2, -0.15) is 0 Å². The van der Waals surface area contributed by atoms with Gasteiger partial charge in [-0.3, -0.25) is 0 Å². The minimum atomic E-state index is 0.566. The van der Waals surface area contributed by atoms with Crippen LogP contribution in [0.1, 0.15) is 11.1 Å². The van der Waals surface area contributed by atoms with Crippen molar-refractivity contribution in [3.63, 3.8) is 0 Å². The summed E-state index contributed by atoms with van der Waals surface area (Å²) in [4.78, 5) is 4.16. The molecule has 0 aliphatic carbocycles. The zero-order valence-corrected chi connectivity index (χ0v) is 17.3. The van der Waals surface area contributed by atoms with Gasteiger partial charge in [-0.15, -0.1) is 0 Å². The Labute approximate surface area is 180 Å². The number of fused-ring (bicyclic) bond motifs is 1. The third-order valence-corrected chi connectivity index (χ3v) is 5.30. The fourth-order valence-corrected chi connectivity index (χ4v) is 3.78. The summed E-state index contributed by atoms with van der Waals surface area (Å²) in [6.07, 6.45) is 3.91. The monoisotopic (exact) mass is 425 g/mol. The molecular weight excluding hydrogens is 405 g/mol. The first kappa shape index (κ1) is 19.8. The SMILES string of the molecule is Clc1ccc(Cn2cc(CNCCOc3ccccn3)c3ccccc32)c(Cl)c1. The van der Waals surface area contributed by atoms with Crippen LogP contribution in [0.5, 0.6) is 5.88 Å². The van der Waals surface area contributed by atoms with Crippen LogP contribution in [0.3, 0.4) is 0 Å². The second kappa shape index (κ2) is 9.31. The molecule has 0 atom stereocenters. The lowest BCUT2D eigenvalue weighted by atomic mass is 10.2. The highest BCUT2D eigenvalue weighted by molar-refractivity contribution is 6.35. The van der Waals surface area contributed by atoms with Crippen molar-refractivity contribution in [2.45, 2.75) is 13.1 Å². The van der Waals surface area contributed by atoms with E-state index in [1.807, 2.05) is 30.3 Å². The maximum absolute atomic E-state index is 6.38. The number of benzene rings is 2. The van der Waals surface area contributed by atoms with Gasteiger partial charge in [0.1, 0.15) is 6.61 Å². The van der Waals surface area contributed by atoms with Gasteiger partial charge in [0.2, 0.25) is 5.88 Å². The van der Waals surface area contributed by atoms with E-state index < -0.39 is 0 Å². The fourth-order valence-electron chi connectivity index (χ4n) is 3.31. The molecule has 2 aromatic heterocycles. The van der Waals surface area contributed by atoms with Gasteiger partial charge in [-0.05, 0) is 35.4 Å². The Kier molecular flexibility index (Phi) is 6.35. The van der Waals surface area contributed by atoms with Crippen molar-refractivity contribution in [3.05, 3.63) is 94.2 Å². The summed E-state index contributed by atoms with van der Waals surface area (Å²) in [5.41, 5.74) is 3.46. The number of ether oxygens (including phenoxy) is 1. The van der Waals surface area contributed by atoms with E-state index in [0.29, 0.717) is 29.1 Å². The minimum absolute atomic E-state index is 0.566. The molecule has 0 radical (unpaired) electrons. The number of halogens is 2. The van der Waals surface area contributed by atoms with Crippen LogP contribution in [0, 0.1) is 0 Å². The normalized spacial score (nSPS) is 11.1. The van der Waals surface area contributed by atoms with Crippen LogP contribution >= 0.6 is 23.2 Å². The van der Waals surface area contributed by atoms with Crippen LogP contribution in [0.2, 0.25) is 10.0 Å². The average molecular weight is 426 g/mol. The van der Waals surface area contributed by atoms with Crippen molar-refractivity contribution in [1.82, 2.24) is 14.9 Å². The van der Waals surface area contributed by atoms with E-state index in [9.17, 15) is 0 Å². The highest BCUT2D eigenvalue weighted by Crippen LogP contribution is 2.26. The fraction of sp³-hybridized carbons (Fsp3) is 0.174. The second-order valence-electron chi connectivity index (χ2n) is 6.73. The number of rotatable bonds is 8. The highest BCUT2D eigenvalue weighted by atomic mass is 35.5. The standard InChI is InChI=1S/C23H21Cl2N3O/c24-19-9-8-17(21(25)13-19)15-28-16-18(20-5-1-2-6-22(20)28)14-26-11-12-29-23-7-3-4-10-27-23/h1-10,13,16,26H,11-12,14-15H2. The molecule has 148 valence electrons. The molecule has 0 saturated heterocycles. The summed E-state index contributed by atoms with van der Waals surface area (Å²) >= 11 is 12.4. The molecule has 2 aromatic carbocycles. The van der Waals surface area contributed by atoms with Gasteiger partial charge in [-0.1, -0.05) is 53.5 Å². The number of hydrogen-bond acceptors (Lipinski definition) is 3. The zero-order valence-electron chi connectivity index (χ0n) is 15.8. The van der Waals surface area contributed by atoms with Gasteiger partial charge in [0.25, 0.3) is 0 Å². The highest BCUT2D eigenvalue weighted by Gasteiger charge is 2.10. The lowest BCUT2D eigenvalue weighted by Gasteiger charge is -2.08. The lowest BCUT2D eigenvalue weighted by Crippen LogP contribution is -2.20. The molecule has 0 aliphatic heterocycles. The Morgan fingerprint density at radius 1 is 0.966 bits per heavy atom. The molecule has 0 fully saturated rings. The smallest absolute Gasteiger partial charge is 0.213 e. The molecule has 2 heterocycles. The lowest BCUT2D eigenvalue weighted by molar-refractivity contribution is 0.302. The molecule has 0 spiro atoms. The zero-order chi connectivity index (χ0) is 20.1. The summed E-state index contributed by atoms with van der Waals surface area (Å²) in [6, 6.07) is 19.7. The minimum Gasteiger partial charge on any atom is -0.476 e. The summed E-state index contributed by atoms with van der Waals surface area (Å²) < 4.78 is 7.86. The van der Waals surface area contributed by atoms with E-state index in [1.54, 1.807) is 12.3 Å². The largest absolute Gasteiger partial charge is 0.476 e. The summed E-state index contributed by atoms with van der Waals surface area (Å²) in [5, 5.41) is 6.01. The van der Waals surface area contributed by atoms with Crippen molar-refractivity contribution >= 4 is 34.1 Å². The van der Waals surface area contributed by atoms with Crippen LogP contribution < -0.4 is 10.1 Å². The molecular formula is C23H21Cl2N3O. The van der Waals surface area contributed by atoms with Crippen molar-refractivity contribution in [2.24, 2.45) is 0 Å². The molecule has 4 nitrogen and oxygen atoms in total. The second-order valence-corrected chi connectivity index (χ2v) is 7.57. The van der Waals surface area contributed by atoms with E-state index in [2.05, 4.69) is 45.3 Å². The van der Waals surface area contributed by atoms with Crippen LogP contribution in [0.4, 0.5) is 0 Å². The first-order valence-corrected chi connectivity index (χ1v) is 10.2. The average Bonchev–Trinajstić information content (AvgIpc) is 3.08. The predicted molar refractivity (Wildman–Crippen MR) is 119 cm³/mol. The number of pyridine rings is 1. The van der Waals surface area contributed by atoms with Crippen molar-refractivity contribution in [3.8, 4) is 5.88 Å². The maximum atomic E-state index is 6.38. The molecule has 0 unspecified atom stereocenters. The molecule has 4 aromatic rings. The Morgan fingerprint density at radius 3 is 2.66 bits per heavy atom. The van der Waals surface area contributed by atoms with E-state index in [1.165, 1.54) is 16.5 Å². The van der Waals surface area contributed by atoms with Crippen molar-refractivity contribution < 1.29 is 4.74 Å². The van der Waals surface area contributed by atoms with Gasteiger partial charge in [0.15, 0.2) is 0 Å². The van der Waals surface area contributed by atoms with Gasteiger partial charge in [-0.25, -0.2) is 4.98 Å². The molecule has 29 heavy (non-hydrogen) atoms. The molecule has 6 heteroatoms. The van der Waals surface area contributed by atoms with E-state index in [0.717, 1.165) is 18.7 Å². The van der Waals surface area contributed by atoms with Crippen LogP contribution in [0.25, 0.3) is 10.9 Å². The number of hydrogen-bond donors (Lipinski definition) is 1. The summed E-state index contributed by atoms with van der Waals surface area (Å²) in [5.74, 6) is 0.644. The van der Waals surface area contributed by atoms with Gasteiger partial charge < -0.3 is 14.6 Å². The Morgan fingerprint density at radius 2 is 1.83 bits per heavy atom. The number of para-hydroxylation sites is 1. The molecule has 0 aliphatic rings. The van der Waals surface area contributed by atoms with E-state index in [-0.39, 0.29) is 0 Å². The molecule has 0 amide bonds. The Hall–Kier alpha value is -2.53. The van der Waals surface area contributed by atoms with Gasteiger partial charge >= 0.3 is 0 Å². The van der Waals surface area contributed by atoms with Crippen molar-refractivity contribution in [2.75, 3.05) is 13.2 Å². The third-order valence-electron chi connectivity index (χ3n) is 4.71. The topological polar surface area (TPSA) is 39.1 Å². The third kappa shape index (κ3) is 4.91. The van der Waals surface area contributed by atoms with E-state index in [4.69, 9.17) is 27.9 Å². The molecule has 1 N–H and O–H groups in total. The van der Waals surface area contributed by atoms with Crippen LogP contribution in [-0.4, -0.2) is 22.7 Å². The predicted octanol–water partition coefficient (Wildman–Crippen LogP) is 5.56. The van der Waals surface area contributed by atoms with E-state index >= 15 is 0 Å². The molecule has 0 saturated carbocycles. The first-order chi connectivity index (χ1) is 14.2. The van der Waals surface area contributed by atoms with Crippen LogP contribution in [-0.2, 0) is 13.1 Å². The molecule has 4 rings (SSSR count). The van der Waals surface area contributed by atoms with Crippen LogP contribution in [0.15, 0.2) is 73.1 Å². The molecule has 0 bridgehead atoms. The number of aromatic nitrogens is 2. The number of nitrogens with zero attached hydrogens (tertiary/aromatic N) is 2.